The van der Waals surface area contributed by atoms with Crippen molar-refractivity contribution in [2.24, 2.45) is 0 Å². The van der Waals surface area contributed by atoms with Crippen molar-refractivity contribution in [2.75, 3.05) is 71.4 Å². The van der Waals surface area contributed by atoms with Gasteiger partial charge in [0.05, 0.1) is 50.7 Å². The topological polar surface area (TPSA) is 181 Å². The predicted molar refractivity (Wildman–Crippen MR) is 245 cm³/mol. The van der Waals surface area contributed by atoms with E-state index >= 15 is 0 Å². The zero-order chi connectivity index (χ0) is 45.8. The summed E-state index contributed by atoms with van der Waals surface area (Å²) < 4.78 is 21.4. The molecule has 0 spiro atoms. The van der Waals surface area contributed by atoms with Crippen molar-refractivity contribution < 1.29 is 33.7 Å². The lowest BCUT2D eigenvalue weighted by Gasteiger charge is -2.33. The first kappa shape index (κ1) is 44.1. The summed E-state index contributed by atoms with van der Waals surface area (Å²) in [5.74, 6) is -1.44. The van der Waals surface area contributed by atoms with Crippen LogP contribution >= 0.6 is 0 Å². The number of amides is 2. The van der Waals surface area contributed by atoms with E-state index in [9.17, 15) is 19.5 Å². The Morgan fingerprint density at radius 2 is 1.60 bits per heavy atom. The largest absolute Gasteiger partial charge is 0.545 e. The third kappa shape index (κ3) is 9.68. The Kier molecular flexibility index (Phi) is 12.9. The maximum Gasteiger partial charge on any atom is 0.259 e. The van der Waals surface area contributed by atoms with Gasteiger partial charge < -0.3 is 48.9 Å². The van der Waals surface area contributed by atoms with Gasteiger partial charge in [-0.2, -0.15) is 0 Å². The Bertz CT molecular complexity index is 2870. The summed E-state index contributed by atoms with van der Waals surface area (Å²) in [6.07, 6.45) is 9.15. The number of benzene rings is 3. The highest BCUT2D eigenvalue weighted by Crippen LogP contribution is 2.44. The Morgan fingerprint density at radius 3 is 2.35 bits per heavy atom. The molecule has 1 aliphatic heterocycles. The molecule has 334 valence electrons. The van der Waals surface area contributed by atoms with Crippen molar-refractivity contribution in [2.45, 2.75) is 26.5 Å². The number of ether oxygens (including phenoxy) is 3. The number of allylic oxidation sites excluding steroid dienone is 1. The number of aromatic nitrogens is 5. The van der Waals surface area contributed by atoms with Crippen LogP contribution in [-0.2, 0) is 16.0 Å². The van der Waals surface area contributed by atoms with Crippen LogP contribution in [0, 0.1) is 13.8 Å². The number of carbonyl (C=O) groups excluding carboxylic acids is 3. The fourth-order valence-electron chi connectivity index (χ4n) is 7.80. The second-order valence-corrected chi connectivity index (χ2v) is 16.2. The van der Waals surface area contributed by atoms with Crippen LogP contribution in [0.15, 0.2) is 115 Å². The third-order valence-electron chi connectivity index (χ3n) is 11.2. The number of hydrogen-bond acceptors (Lipinski definition) is 12. The van der Waals surface area contributed by atoms with Crippen LogP contribution in [0.1, 0.15) is 53.6 Å². The highest BCUT2D eigenvalue weighted by atomic mass is 16.5. The maximum atomic E-state index is 13.2. The molecular formula is C49H50N9O7-. The molecule has 8 rings (SSSR count). The molecule has 0 saturated heterocycles. The Hall–Kier alpha value is -7.56. The van der Waals surface area contributed by atoms with Crippen LogP contribution in [0.25, 0.3) is 22.5 Å². The van der Waals surface area contributed by atoms with Gasteiger partial charge in [-0.05, 0) is 80.1 Å². The highest BCUT2D eigenvalue weighted by Gasteiger charge is 2.31. The van der Waals surface area contributed by atoms with Crippen LogP contribution in [0.5, 0.6) is 5.75 Å². The van der Waals surface area contributed by atoms with Crippen LogP contribution in [-0.4, -0.2) is 114 Å². The highest BCUT2D eigenvalue weighted by molar-refractivity contribution is 6.08. The average Bonchev–Trinajstić information content (AvgIpc) is 3.95. The standard InChI is InChI=1S/C49H51N9O7/c1-30-25-31(2)58-19-17-40(46(58)51-30)48(60)52-34-10-7-32(8-11-34)42-29-57(54-53-42)20-22-64-24-23-63-21-18-50-47(59)33-9-14-37(41(26-33)49(61)62)45-38-15-12-35(55(3)4)27-43(38)65-44-28-36(56(5)6)13-16-39(44)45/h7-17,19,25-29,43H,18,20-24H2,1-6H3,(H,50,59)(H,52,60)(H,61,62)/p-1. The van der Waals surface area contributed by atoms with E-state index in [0.29, 0.717) is 65.8 Å². The van der Waals surface area contributed by atoms with Gasteiger partial charge in [0.1, 0.15) is 23.2 Å². The van der Waals surface area contributed by atoms with Crippen LogP contribution in [0.2, 0.25) is 0 Å². The molecule has 0 fully saturated rings. The molecule has 16 nitrogen and oxygen atoms in total. The van der Waals surface area contributed by atoms with E-state index in [4.69, 9.17) is 14.2 Å². The summed E-state index contributed by atoms with van der Waals surface area (Å²) in [6, 6.07) is 21.6. The molecule has 0 saturated carbocycles. The lowest BCUT2D eigenvalue weighted by molar-refractivity contribution is -0.255. The van der Waals surface area contributed by atoms with Crippen LogP contribution in [0.3, 0.4) is 0 Å². The van der Waals surface area contributed by atoms with Gasteiger partial charge in [0.25, 0.3) is 11.8 Å². The van der Waals surface area contributed by atoms with Crippen molar-refractivity contribution in [3.63, 3.8) is 0 Å². The first-order valence-electron chi connectivity index (χ1n) is 21.2. The molecular weight excluding hydrogens is 827 g/mol. The zero-order valence-electron chi connectivity index (χ0n) is 37.1. The normalized spacial score (nSPS) is 14.1. The minimum Gasteiger partial charge on any atom is -0.545 e. The number of carbonyl (C=O) groups is 3. The number of nitrogens with zero attached hydrogens (tertiary/aromatic N) is 7. The average molecular weight is 877 g/mol. The zero-order valence-corrected chi connectivity index (χ0v) is 37.1. The minimum atomic E-state index is -1.39. The third-order valence-corrected chi connectivity index (χ3v) is 11.2. The van der Waals surface area contributed by atoms with E-state index in [-0.39, 0.29) is 30.2 Å². The second kappa shape index (κ2) is 19.0. The molecule has 0 bridgehead atoms. The smallest absolute Gasteiger partial charge is 0.259 e. The molecule has 1 unspecified atom stereocenters. The van der Waals surface area contributed by atoms with Crippen molar-refractivity contribution in [3.05, 3.63) is 154 Å². The number of aromatic carboxylic acids is 1. The quantitative estimate of drug-likeness (QED) is 0.118. The van der Waals surface area contributed by atoms with E-state index in [1.807, 2.05) is 135 Å². The number of rotatable bonds is 17. The van der Waals surface area contributed by atoms with Crippen molar-refractivity contribution in [1.29, 1.82) is 0 Å². The van der Waals surface area contributed by atoms with Crippen LogP contribution in [0.4, 0.5) is 11.4 Å². The molecule has 2 N–H and O–H groups in total. The van der Waals surface area contributed by atoms with E-state index in [1.54, 1.807) is 22.9 Å². The van der Waals surface area contributed by atoms with Gasteiger partial charge in [0.2, 0.25) is 0 Å². The molecule has 2 aliphatic rings. The van der Waals surface area contributed by atoms with E-state index in [1.165, 1.54) is 6.07 Å². The number of carboxylic acid groups (broad SMARTS) is 1. The predicted octanol–water partition coefficient (Wildman–Crippen LogP) is 4.93. The summed E-state index contributed by atoms with van der Waals surface area (Å²) >= 11 is 0. The maximum absolute atomic E-state index is 13.2. The van der Waals surface area contributed by atoms with Gasteiger partial charge in [0, 0.05) is 109 Å². The molecule has 65 heavy (non-hydrogen) atoms. The van der Waals surface area contributed by atoms with Gasteiger partial charge in [-0.15, -0.1) is 5.10 Å². The molecule has 0 radical (unpaired) electrons. The van der Waals surface area contributed by atoms with Crippen LogP contribution < -0.4 is 25.4 Å². The summed E-state index contributed by atoms with van der Waals surface area (Å²) in [5.41, 5.74) is 9.82. The number of fused-ring (bicyclic) bond motifs is 3. The number of anilines is 2. The van der Waals surface area contributed by atoms with Crippen molar-refractivity contribution in [3.8, 4) is 17.0 Å². The summed E-state index contributed by atoms with van der Waals surface area (Å²) in [5, 5.41) is 26.9. The van der Waals surface area contributed by atoms with Gasteiger partial charge in [-0.3, -0.25) is 9.59 Å². The molecule has 1 aliphatic carbocycles. The Balaban J connectivity index is 0.788. The number of nitrogens with one attached hydrogen (secondary N) is 2. The molecule has 2 amide bonds. The van der Waals surface area contributed by atoms with E-state index in [2.05, 4.69) is 25.9 Å². The van der Waals surface area contributed by atoms with Gasteiger partial charge in [-0.1, -0.05) is 29.5 Å². The fourth-order valence-corrected chi connectivity index (χ4v) is 7.80. The lowest BCUT2D eigenvalue weighted by atomic mass is 9.83. The lowest BCUT2D eigenvalue weighted by Crippen LogP contribution is -2.30. The molecule has 3 aromatic carbocycles. The monoisotopic (exact) mass is 876 g/mol. The van der Waals surface area contributed by atoms with Gasteiger partial charge in [0.15, 0.2) is 0 Å². The van der Waals surface area contributed by atoms with E-state index in [0.717, 1.165) is 39.5 Å². The SMILES string of the molecule is Cc1cc(C)n2ccc(C(=O)Nc3ccc(-c4cn(CCOCCOCCNC(=O)c5ccc(C6=C7C=CC(N(C)C)=CC7Oc7cc(N(C)C)ccc76)c(C(=O)[O-])c5)nn4)cc3)c2n1. The summed E-state index contributed by atoms with van der Waals surface area (Å²) in [4.78, 5) is 47.4. The molecule has 1 atom stereocenters. The molecule has 3 aromatic heterocycles. The second-order valence-electron chi connectivity index (χ2n) is 16.2. The number of hydrogen-bond donors (Lipinski definition) is 2. The van der Waals surface area contributed by atoms with Gasteiger partial charge in [-0.25, -0.2) is 9.67 Å². The first-order chi connectivity index (χ1) is 31.3. The molecule has 6 aromatic rings. The Morgan fingerprint density at radius 1 is 0.831 bits per heavy atom. The van der Waals surface area contributed by atoms with Gasteiger partial charge >= 0.3 is 0 Å². The van der Waals surface area contributed by atoms with E-state index < -0.39 is 18.0 Å². The fraction of sp³-hybridized carbons (Fsp3) is 0.265. The van der Waals surface area contributed by atoms with Crippen molar-refractivity contribution >= 4 is 40.4 Å². The Labute approximate surface area is 376 Å². The minimum absolute atomic E-state index is 0.0998. The number of carboxylic acids is 1. The molecule has 16 heteroatoms. The summed E-state index contributed by atoms with van der Waals surface area (Å²) in [6.45, 7) is 5.82. The molecule has 4 heterocycles. The first-order valence-corrected chi connectivity index (χ1v) is 21.2. The number of likely N-dealkylation sites (N-methyl/N-ethyl adjacent to an activating group) is 1. The number of aryl methyl sites for hydroxylation is 2. The summed E-state index contributed by atoms with van der Waals surface area (Å²) in [7, 11) is 7.79. The van der Waals surface area contributed by atoms with Crippen molar-refractivity contribution in [1.82, 2.24) is 34.6 Å².